The lowest BCUT2D eigenvalue weighted by Crippen LogP contribution is -2.46. The molecule has 0 aliphatic carbocycles. The van der Waals surface area contributed by atoms with Crippen molar-refractivity contribution in [3.63, 3.8) is 0 Å². The second-order valence-electron chi connectivity index (χ2n) is 9.32. The number of hydrogen-bond donors (Lipinski definition) is 0. The number of carbonyl (C=O) groups excluding carboxylic acids is 2. The predicted molar refractivity (Wildman–Crippen MR) is 107 cm³/mol. The van der Waals surface area contributed by atoms with Crippen molar-refractivity contribution in [1.82, 2.24) is 14.0 Å². The quantitative estimate of drug-likeness (QED) is 0.744. The van der Waals surface area contributed by atoms with Crippen LogP contribution in [0, 0.1) is 5.92 Å². The molecule has 1 fully saturated rings. The molecule has 0 saturated carbocycles. The molecule has 0 aromatic carbocycles. The number of hydrogen-bond acceptors (Lipinski definition) is 6. The molecular formula is C20H31N3O6. The second-order valence-corrected chi connectivity index (χ2v) is 9.32. The summed E-state index contributed by atoms with van der Waals surface area (Å²) < 4.78 is 12.4. The van der Waals surface area contributed by atoms with Gasteiger partial charge in [0.1, 0.15) is 11.2 Å². The maximum Gasteiger partial charge on any atom is 0.425 e. The van der Waals surface area contributed by atoms with Crippen molar-refractivity contribution >= 4 is 12.2 Å². The van der Waals surface area contributed by atoms with Crippen molar-refractivity contribution < 1.29 is 19.1 Å². The zero-order chi connectivity index (χ0) is 22.0. The molecule has 2 rings (SSSR count). The molecule has 162 valence electrons. The van der Waals surface area contributed by atoms with Crippen LogP contribution < -0.4 is 11.2 Å². The standard InChI is InChI=1S/C20H31N3O6/c1-19(2,3)28-17(26)21-10-7-14(8-11-21)13-22-12-9-15(24)23(16(22)25)18(27)29-20(4,5)6/h9,12,14H,7-8,10-11,13H2,1-6H3. The SMILES string of the molecule is CC(C)(C)OC(=O)N1CCC(Cn2ccc(=O)n(C(=O)OC(C)(C)C)c2=O)CC1. The fourth-order valence-electron chi connectivity index (χ4n) is 3.03. The monoisotopic (exact) mass is 409 g/mol. The molecule has 1 aliphatic rings. The minimum atomic E-state index is -0.985. The van der Waals surface area contributed by atoms with Crippen LogP contribution in [-0.2, 0) is 16.0 Å². The summed E-state index contributed by atoms with van der Waals surface area (Å²) in [7, 11) is 0. The minimum absolute atomic E-state index is 0.135. The van der Waals surface area contributed by atoms with E-state index in [0.29, 0.717) is 37.0 Å². The van der Waals surface area contributed by atoms with E-state index in [1.807, 2.05) is 20.8 Å². The summed E-state index contributed by atoms with van der Waals surface area (Å²) in [5.74, 6) is 0.135. The minimum Gasteiger partial charge on any atom is -0.444 e. The molecule has 0 radical (unpaired) electrons. The van der Waals surface area contributed by atoms with Crippen LogP contribution in [0.25, 0.3) is 0 Å². The first-order valence-electron chi connectivity index (χ1n) is 9.80. The van der Waals surface area contributed by atoms with E-state index in [1.54, 1.807) is 25.7 Å². The third-order valence-electron chi connectivity index (χ3n) is 4.35. The van der Waals surface area contributed by atoms with E-state index >= 15 is 0 Å². The summed E-state index contributed by atoms with van der Waals surface area (Å²) in [6, 6.07) is 1.18. The van der Waals surface area contributed by atoms with Crippen molar-refractivity contribution in [3.05, 3.63) is 33.1 Å². The van der Waals surface area contributed by atoms with Crippen molar-refractivity contribution in [1.29, 1.82) is 0 Å². The van der Waals surface area contributed by atoms with Gasteiger partial charge in [-0.2, -0.15) is 4.57 Å². The zero-order valence-corrected chi connectivity index (χ0v) is 18.1. The average Bonchev–Trinajstić information content (AvgIpc) is 2.55. The first-order chi connectivity index (χ1) is 13.3. The van der Waals surface area contributed by atoms with Crippen LogP contribution in [-0.4, -0.2) is 50.5 Å². The smallest absolute Gasteiger partial charge is 0.425 e. The van der Waals surface area contributed by atoms with Crippen LogP contribution in [0.2, 0.25) is 0 Å². The molecule has 9 nitrogen and oxygen atoms in total. The summed E-state index contributed by atoms with van der Waals surface area (Å²) in [5, 5.41) is 0. The molecular weight excluding hydrogens is 378 g/mol. The molecule has 9 heteroatoms. The average molecular weight is 409 g/mol. The van der Waals surface area contributed by atoms with Crippen molar-refractivity contribution in [2.24, 2.45) is 5.92 Å². The van der Waals surface area contributed by atoms with Gasteiger partial charge in [-0.05, 0) is 60.3 Å². The molecule has 0 N–H and O–H groups in total. The Morgan fingerprint density at radius 1 is 0.966 bits per heavy atom. The van der Waals surface area contributed by atoms with E-state index in [2.05, 4.69) is 0 Å². The van der Waals surface area contributed by atoms with Gasteiger partial charge in [0.05, 0.1) is 0 Å². The Bertz CT molecular complexity index is 864. The fourth-order valence-corrected chi connectivity index (χ4v) is 3.03. The zero-order valence-electron chi connectivity index (χ0n) is 18.1. The van der Waals surface area contributed by atoms with Crippen molar-refractivity contribution in [2.45, 2.75) is 72.1 Å². The first kappa shape index (κ1) is 22.7. The Balaban J connectivity index is 2.06. The summed E-state index contributed by atoms with van der Waals surface area (Å²) in [6.07, 6.45) is 1.45. The fraction of sp³-hybridized carbons (Fsp3) is 0.700. The Kier molecular flexibility index (Phi) is 6.60. The summed E-state index contributed by atoms with van der Waals surface area (Å²) >= 11 is 0. The van der Waals surface area contributed by atoms with E-state index < -0.39 is 28.5 Å². The van der Waals surface area contributed by atoms with Gasteiger partial charge in [-0.3, -0.25) is 9.36 Å². The number of rotatable bonds is 2. The van der Waals surface area contributed by atoms with Crippen molar-refractivity contribution in [2.75, 3.05) is 13.1 Å². The first-order valence-corrected chi connectivity index (χ1v) is 9.80. The van der Waals surface area contributed by atoms with Crippen LogP contribution in [0.1, 0.15) is 54.4 Å². The second kappa shape index (κ2) is 8.42. The van der Waals surface area contributed by atoms with Crippen molar-refractivity contribution in [3.8, 4) is 0 Å². The highest BCUT2D eigenvalue weighted by molar-refractivity contribution is 5.70. The molecule has 1 saturated heterocycles. The summed E-state index contributed by atoms with van der Waals surface area (Å²) in [5.41, 5.74) is -2.81. The molecule has 0 atom stereocenters. The third kappa shape index (κ3) is 6.47. The van der Waals surface area contributed by atoms with E-state index in [0.717, 1.165) is 0 Å². The van der Waals surface area contributed by atoms with Gasteiger partial charge in [-0.1, -0.05) is 0 Å². The molecule has 1 aromatic heterocycles. The molecule has 29 heavy (non-hydrogen) atoms. The lowest BCUT2D eigenvalue weighted by atomic mass is 9.97. The van der Waals surface area contributed by atoms with E-state index in [-0.39, 0.29) is 12.0 Å². The maximum absolute atomic E-state index is 12.7. The van der Waals surface area contributed by atoms with Crippen LogP contribution in [0.4, 0.5) is 9.59 Å². The largest absolute Gasteiger partial charge is 0.444 e. The Labute approximate surface area is 170 Å². The highest BCUT2D eigenvalue weighted by Gasteiger charge is 2.28. The lowest BCUT2D eigenvalue weighted by Gasteiger charge is -2.33. The number of nitrogens with zero attached hydrogens (tertiary/aromatic N) is 3. The third-order valence-corrected chi connectivity index (χ3v) is 4.35. The van der Waals surface area contributed by atoms with Crippen LogP contribution >= 0.6 is 0 Å². The number of amides is 1. The molecule has 2 heterocycles. The molecule has 1 aromatic rings. The van der Waals surface area contributed by atoms with Gasteiger partial charge in [0.25, 0.3) is 5.56 Å². The number of likely N-dealkylation sites (tertiary alicyclic amines) is 1. The topological polar surface area (TPSA) is 99.8 Å². The Morgan fingerprint density at radius 3 is 2.00 bits per heavy atom. The van der Waals surface area contributed by atoms with Gasteiger partial charge in [0.15, 0.2) is 0 Å². The lowest BCUT2D eigenvalue weighted by molar-refractivity contribution is 0.0176. The van der Waals surface area contributed by atoms with Gasteiger partial charge in [-0.15, -0.1) is 0 Å². The van der Waals surface area contributed by atoms with Gasteiger partial charge >= 0.3 is 17.9 Å². The van der Waals surface area contributed by atoms with Crippen LogP contribution in [0.5, 0.6) is 0 Å². The molecule has 0 bridgehead atoms. The maximum atomic E-state index is 12.7. The van der Waals surface area contributed by atoms with Crippen LogP contribution in [0.3, 0.4) is 0 Å². The van der Waals surface area contributed by atoms with Gasteiger partial charge in [-0.25, -0.2) is 14.4 Å². The molecule has 1 amide bonds. The van der Waals surface area contributed by atoms with E-state index in [9.17, 15) is 19.2 Å². The number of piperidine rings is 1. The Hall–Kier alpha value is -2.58. The van der Waals surface area contributed by atoms with Gasteiger partial charge < -0.3 is 14.4 Å². The summed E-state index contributed by atoms with van der Waals surface area (Å²) in [4.78, 5) is 50.8. The van der Waals surface area contributed by atoms with Crippen LogP contribution in [0.15, 0.2) is 21.9 Å². The Morgan fingerprint density at radius 2 is 1.48 bits per heavy atom. The predicted octanol–water partition coefficient (Wildman–Crippen LogP) is 2.44. The number of carbonyl (C=O) groups is 2. The van der Waals surface area contributed by atoms with Gasteiger partial charge in [0.2, 0.25) is 0 Å². The summed E-state index contributed by atoms with van der Waals surface area (Å²) in [6.45, 7) is 11.9. The molecule has 0 unspecified atom stereocenters. The molecule has 0 spiro atoms. The normalized spacial score (nSPS) is 15.9. The number of aromatic nitrogens is 2. The molecule has 1 aliphatic heterocycles. The number of ether oxygens (including phenoxy) is 2. The highest BCUT2D eigenvalue weighted by Crippen LogP contribution is 2.20. The van der Waals surface area contributed by atoms with Gasteiger partial charge in [0, 0.05) is 31.9 Å². The van der Waals surface area contributed by atoms with E-state index in [4.69, 9.17) is 9.47 Å². The highest BCUT2D eigenvalue weighted by atomic mass is 16.6. The van der Waals surface area contributed by atoms with E-state index in [1.165, 1.54) is 16.8 Å².